The van der Waals surface area contributed by atoms with Crippen LogP contribution in [0, 0.1) is 17.6 Å². The largest absolute Gasteiger partial charge is 0.486 e. The number of carbonyl (C=O) groups excluding carboxylic acids is 2. The number of para-hydroxylation sites is 1. The molecule has 1 atom stereocenters. The second-order valence-corrected chi connectivity index (χ2v) is 9.19. The fraction of sp³-hybridized carbons (Fsp3) is 0.188. The summed E-state index contributed by atoms with van der Waals surface area (Å²) < 4.78 is 32.6. The smallest absolute Gasteiger partial charge is 0.223 e. The van der Waals surface area contributed by atoms with Crippen molar-refractivity contribution < 1.29 is 23.1 Å². The Morgan fingerprint density at radius 2 is 1.21 bits per heavy atom. The number of nitrogens with one attached hydrogen (secondary N) is 2. The molecule has 0 aliphatic heterocycles. The monoisotopic (exact) mass is 528 g/mol. The van der Waals surface area contributed by atoms with Crippen LogP contribution in [0.15, 0.2) is 109 Å². The first-order valence-corrected chi connectivity index (χ1v) is 12.7. The molecule has 0 aliphatic rings. The molecule has 0 aliphatic carbocycles. The molecule has 0 fully saturated rings. The summed E-state index contributed by atoms with van der Waals surface area (Å²) >= 11 is 0. The molecule has 0 unspecified atom stereocenters. The molecule has 0 saturated carbocycles. The van der Waals surface area contributed by atoms with Crippen molar-refractivity contribution in [3.8, 4) is 5.75 Å². The Labute approximate surface area is 226 Å². The zero-order chi connectivity index (χ0) is 27.7. The summed E-state index contributed by atoms with van der Waals surface area (Å²) in [6, 6.07) is 32.5. The minimum atomic E-state index is -0.977. The number of amides is 2. The molecule has 2 N–H and O–H groups in total. The van der Waals surface area contributed by atoms with E-state index in [1.165, 1.54) is 6.07 Å². The Morgan fingerprint density at radius 3 is 1.67 bits per heavy atom. The van der Waals surface area contributed by atoms with E-state index in [4.69, 9.17) is 4.74 Å². The van der Waals surface area contributed by atoms with Crippen LogP contribution in [0.1, 0.15) is 30.0 Å². The number of ether oxygens (including phenoxy) is 1. The maximum absolute atomic E-state index is 13.7. The average Bonchev–Trinajstić information content (AvgIpc) is 2.96. The molecule has 200 valence electrons. The van der Waals surface area contributed by atoms with Crippen molar-refractivity contribution in [2.24, 2.45) is 5.92 Å². The summed E-state index contributed by atoms with van der Waals surface area (Å²) in [5.74, 6) is -3.45. The van der Waals surface area contributed by atoms with Gasteiger partial charge in [0.1, 0.15) is 12.1 Å². The first-order valence-electron chi connectivity index (χ1n) is 12.7. The average molecular weight is 529 g/mol. The van der Waals surface area contributed by atoms with E-state index in [0.29, 0.717) is 0 Å². The van der Waals surface area contributed by atoms with Crippen molar-refractivity contribution >= 4 is 11.8 Å². The van der Waals surface area contributed by atoms with Crippen LogP contribution in [0.4, 0.5) is 8.78 Å². The lowest BCUT2D eigenvalue weighted by Crippen LogP contribution is -2.48. The highest BCUT2D eigenvalue weighted by Gasteiger charge is 2.38. The van der Waals surface area contributed by atoms with Crippen LogP contribution >= 0.6 is 0 Å². The third-order valence-corrected chi connectivity index (χ3v) is 6.45. The minimum Gasteiger partial charge on any atom is -0.486 e. The fourth-order valence-electron chi connectivity index (χ4n) is 4.53. The molecule has 4 rings (SSSR count). The number of halogens is 2. The fourth-order valence-corrected chi connectivity index (χ4v) is 4.53. The van der Waals surface area contributed by atoms with Crippen molar-refractivity contribution in [3.63, 3.8) is 0 Å². The predicted molar refractivity (Wildman–Crippen MR) is 146 cm³/mol. The quantitative estimate of drug-likeness (QED) is 0.197. The second kappa shape index (κ2) is 12.8. The van der Waals surface area contributed by atoms with E-state index < -0.39 is 28.8 Å². The van der Waals surface area contributed by atoms with Crippen molar-refractivity contribution in [2.75, 3.05) is 13.2 Å². The van der Waals surface area contributed by atoms with Gasteiger partial charge in [0.25, 0.3) is 0 Å². The van der Waals surface area contributed by atoms with Gasteiger partial charge in [-0.25, -0.2) is 8.78 Å². The van der Waals surface area contributed by atoms with Crippen LogP contribution in [0.2, 0.25) is 0 Å². The molecule has 7 heteroatoms. The van der Waals surface area contributed by atoms with Crippen LogP contribution in [0.5, 0.6) is 5.75 Å². The lowest BCUT2D eigenvalue weighted by Gasteiger charge is -2.37. The summed E-state index contributed by atoms with van der Waals surface area (Å²) in [5, 5.41) is 5.91. The van der Waals surface area contributed by atoms with Gasteiger partial charge in [-0.1, -0.05) is 104 Å². The van der Waals surface area contributed by atoms with E-state index in [2.05, 4.69) is 10.6 Å². The van der Waals surface area contributed by atoms with Crippen molar-refractivity contribution in [3.05, 3.63) is 138 Å². The zero-order valence-corrected chi connectivity index (χ0v) is 21.6. The first-order chi connectivity index (χ1) is 18.9. The molecule has 2 amide bonds. The number of carbonyl (C=O) groups is 2. The van der Waals surface area contributed by atoms with E-state index in [9.17, 15) is 18.4 Å². The van der Waals surface area contributed by atoms with E-state index in [1.807, 2.05) is 91.0 Å². The topological polar surface area (TPSA) is 67.4 Å². The maximum Gasteiger partial charge on any atom is 0.223 e. The SMILES string of the molecule is C[C@H](CC(=O)NC(c1ccccc1)(c1ccccc1)c1ccccc1)C(=O)NCCOc1c(F)cccc1F. The standard InChI is InChI=1S/C32H30F2N2O3/c1-23(31(38)35-20-21-39-30-27(33)18-11-19-28(30)34)22-29(37)36-32(24-12-5-2-6-13-24,25-14-7-3-8-15-25)26-16-9-4-10-17-26/h2-19,23H,20-22H2,1H3,(H,35,38)(H,36,37)/t23-/m1/s1. The normalized spacial score (nSPS) is 11.9. The molecule has 4 aromatic carbocycles. The molecule has 0 aromatic heterocycles. The highest BCUT2D eigenvalue weighted by Crippen LogP contribution is 2.37. The van der Waals surface area contributed by atoms with Gasteiger partial charge in [-0.2, -0.15) is 0 Å². The highest BCUT2D eigenvalue weighted by molar-refractivity contribution is 5.86. The van der Waals surface area contributed by atoms with Gasteiger partial charge in [0.15, 0.2) is 17.4 Å². The molecule has 0 bridgehead atoms. The third kappa shape index (κ3) is 6.49. The van der Waals surface area contributed by atoms with Gasteiger partial charge in [-0.3, -0.25) is 9.59 Å². The van der Waals surface area contributed by atoms with Crippen molar-refractivity contribution in [1.29, 1.82) is 0 Å². The number of benzene rings is 4. The molecule has 0 spiro atoms. The molecular weight excluding hydrogens is 498 g/mol. The van der Waals surface area contributed by atoms with Crippen LogP contribution in [0.25, 0.3) is 0 Å². The number of hydrogen-bond acceptors (Lipinski definition) is 3. The van der Waals surface area contributed by atoms with Crippen molar-refractivity contribution in [1.82, 2.24) is 10.6 Å². The Hall–Kier alpha value is -4.52. The summed E-state index contributed by atoms with van der Waals surface area (Å²) in [6.07, 6.45) is -0.0666. The first kappa shape index (κ1) is 27.5. The summed E-state index contributed by atoms with van der Waals surface area (Å²) in [4.78, 5) is 26.2. The lowest BCUT2D eigenvalue weighted by molar-refractivity contribution is -0.130. The lowest BCUT2D eigenvalue weighted by atomic mass is 9.76. The van der Waals surface area contributed by atoms with Crippen molar-refractivity contribution in [2.45, 2.75) is 18.9 Å². The summed E-state index contributed by atoms with van der Waals surface area (Å²) in [5.41, 5.74) is 1.66. The molecule has 39 heavy (non-hydrogen) atoms. The third-order valence-electron chi connectivity index (χ3n) is 6.45. The zero-order valence-electron chi connectivity index (χ0n) is 21.6. The number of rotatable bonds is 11. The second-order valence-electron chi connectivity index (χ2n) is 9.19. The predicted octanol–water partition coefficient (Wildman–Crippen LogP) is 5.59. The molecule has 0 heterocycles. The van der Waals surface area contributed by atoms with Gasteiger partial charge in [0, 0.05) is 12.3 Å². The van der Waals surface area contributed by atoms with Gasteiger partial charge in [0.05, 0.1) is 6.54 Å². The molecular formula is C32H30F2N2O3. The van der Waals surface area contributed by atoms with E-state index in [-0.39, 0.29) is 31.4 Å². The molecule has 0 radical (unpaired) electrons. The van der Waals surface area contributed by atoms with Gasteiger partial charge in [0.2, 0.25) is 11.8 Å². The minimum absolute atomic E-state index is 0.0283. The van der Waals surface area contributed by atoms with Gasteiger partial charge >= 0.3 is 0 Å². The maximum atomic E-state index is 13.7. The van der Waals surface area contributed by atoms with Crippen LogP contribution < -0.4 is 15.4 Å². The van der Waals surface area contributed by atoms with Crippen LogP contribution in [-0.4, -0.2) is 25.0 Å². The van der Waals surface area contributed by atoms with Gasteiger partial charge < -0.3 is 15.4 Å². The van der Waals surface area contributed by atoms with Gasteiger partial charge in [-0.05, 0) is 28.8 Å². The Kier molecular flexibility index (Phi) is 9.05. The highest BCUT2D eigenvalue weighted by atomic mass is 19.1. The molecule has 5 nitrogen and oxygen atoms in total. The Balaban J connectivity index is 1.47. The molecule has 0 saturated heterocycles. The van der Waals surface area contributed by atoms with Crippen LogP contribution in [-0.2, 0) is 15.1 Å². The molecule has 4 aromatic rings. The number of hydrogen-bond donors (Lipinski definition) is 2. The van der Waals surface area contributed by atoms with E-state index >= 15 is 0 Å². The Bertz CT molecular complexity index is 1270. The summed E-state index contributed by atoms with van der Waals surface area (Å²) in [7, 11) is 0. The van der Waals surface area contributed by atoms with Gasteiger partial charge in [-0.15, -0.1) is 0 Å². The Morgan fingerprint density at radius 1 is 0.744 bits per heavy atom. The van der Waals surface area contributed by atoms with Crippen LogP contribution in [0.3, 0.4) is 0 Å². The van der Waals surface area contributed by atoms with E-state index in [0.717, 1.165) is 28.8 Å². The summed E-state index contributed by atoms with van der Waals surface area (Å²) in [6.45, 7) is 1.56. The van der Waals surface area contributed by atoms with E-state index in [1.54, 1.807) is 6.92 Å².